The predicted octanol–water partition coefficient (Wildman–Crippen LogP) is 5.29. The molecule has 4 rings (SSSR count). The van der Waals surface area contributed by atoms with Gasteiger partial charge in [0.1, 0.15) is 0 Å². The number of nitrogens with one attached hydrogen (secondary N) is 1. The number of rotatable bonds is 7. The van der Waals surface area contributed by atoms with E-state index < -0.39 is 27.7 Å². The van der Waals surface area contributed by atoms with Gasteiger partial charge in [-0.2, -0.15) is 17.5 Å². The van der Waals surface area contributed by atoms with E-state index in [1.807, 2.05) is 36.4 Å². The van der Waals surface area contributed by atoms with Crippen molar-refractivity contribution in [1.29, 1.82) is 0 Å². The zero-order chi connectivity index (χ0) is 27.3. The molecule has 0 atom stereocenters. The number of anilines is 1. The van der Waals surface area contributed by atoms with Crippen LogP contribution in [0.2, 0.25) is 0 Å². The first kappa shape index (κ1) is 27.6. The molecule has 200 valence electrons. The summed E-state index contributed by atoms with van der Waals surface area (Å²) in [5.74, 6) is -0.686. The highest BCUT2D eigenvalue weighted by Crippen LogP contribution is 2.31. The van der Waals surface area contributed by atoms with Gasteiger partial charge in [-0.15, -0.1) is 0 Å². The lowest BCUT2D eigenvalue weighted by Gasteiger charge is -2.33. The molecule has 0 saturated carbocycles. The first-order valence-electron chi connectivity index (χ1n) is 12.1. The minimum absolute atomic E-state index is 0.0325. The third kappa shape index (κ3) is 6.69. The number of sulfonamides is 1. The Balaban J connectivity index is 1.42. The van der Waals surface area contributed by atoms with E-state index in [1.54, 1.807) is 6.92 Å². The number of aryl methyl sites for hydroxylation is 1. The van der Waals surface area contributed by atoms with E-state index in [0.29, 0.717) is 38.3 Å². The van der Waals surface area contributed by atoms with Crippen molar-refractivity contribution in [1.82, 2.24) is 9.21 Å². The molecule has 1 aliphatic heterocycles. The van der Waals surface area contributed by atoms with Crippen molar-refractivity contribution in [2.24, 2.45) is 0 Å². The fourth-order valence-corrected chi connectivity index (χ4v) is 5.63. The molecule has 1 saturated heterocycles. The summed E-state index contributed by atoms with van der Waals surface area (Å²) in [6, 6.07) is 18.5. The molecule has 1 amide bonds. The Bertz CT molecular complexity index is 1420. The van der Waals surface area contributed by atoms with E-state index in [9.17, 15) is 26.4 Å². The lowest BCUT2D eigenvalue weighted by Crippen LogP contribution is -2.48. The molecule has 0 bridgehead atoms. The molecule has 3 aromatic rings. The van der Waals surface area contributed by atoms with Crippen LogP contribution in [-0.2, 0) is 16.2 Å². The van der Waals surface area contributed by atoms with Gasteiger partial charge in [0, 0.05) is 44.0 Å². The van der Waals surface area contributed by atoms with Crippen LogP contribution in [0.15, 0.2) is 83.8 Å². The maximum Gasteiger partial charge on any atom is 0.416 e. The van der Waals surface area contributed by atoms with Crippen LogP contribution in [-0.4, -0.2) is 56.3 Å². The Morgan fingerprint density at radius 2 is 1.66 bits per heavy atom. The molecule has 1 aliphatic rings. The average Bonchev–Trinajstić information content (AvgIpc) is 2.89. The van der Waals surface area contributed by atoms with Crippen LogP contribution in [0.5, 0.6) is 0 Å². The summed E-state index contributed by atoms with van der Waals surface area (Å²) in [5, 5.41) is 2.45. The molecule has 6 nitrogen and oxygen atoms in total. The first-order chi connectivity index (χ1) is 18.0. The number of halogens is 3. The molecule has 0 aliphatic carbocycles. The molecule has 1 heterocycles. The summed E-state index contributed by atoms with van der Waals surface area (Å²) in [6.07, 6.45) is -0.469. The van der Waals surface area contributed by atoms with E-state index >= 15 is 0 Å². The Morgan fingerprint density at radius 1 is 0.947 bits per heavy atom. The maximum atomic E-state index is 13.3. The molecular formula is C28H28F3N3O3S. The van der Waals surface area contributed by atoms with E-state index in [-0.39, 0.29) is 16.1 Å². The number of carbonyl (C=O) groups excluding carboxylic acids is 1. The van der Waals surface area contributed by atoms with Gasteiger partial charge in [-0.1, -0.05) is 54.6 Å². The number of nitrogens with zero attached hydrogens (tertiary/aromatic N) is 2. The molecule has 1 fully saturated rings. The highest BCUT2D eigenvalue weighted by molar-refractivity contribution is 7.89. The van der Waals surface area contributed by atoms with Gasteiger partial charge in [0.2, 0.25) is 10.0 Å². The van der Waals surface area contributed by atoms with Crippen molar-refractivity contribution in [3.05, 3.63) is 101 Å². The number of carbonyl (C=O) groups is 1. The SMILES string of the molecule is Cc1ccc(S(=O)(=O)N2CCN(C/C=C/c3ccccc3)CC2)cc1C(=O)Nc1cccc(C(F)(F)F)c1. The lowest BCUT2D eigenvalue weighted by atomic mass is 10.1. The van der Waals surface area contributed by atoms with Crippen LogP contribution in [0.4, 0.5) is 18.9 Å². The maximum absolute atomic E-state index is 13.3. The topological polar surface area (TPSA) is 69.7 Å². The molecule has 38 heavy (non-hydrogen) atoms. The molecule has 0 unspecified atom stereocenters. The minimum atomic E-state index is -4.55. The van der Waals surface area contributed by atoms with Gasteiger partial charge >= 0.3 is 6.18 Å². The molecule has 0 radical (unpaired) electrons. The predicted molar refractivity (Wildman–Crippen MR) is 141 cm³/mol. The number of hydrogen-bond donors (Lipinski definition) is 1. The van der Waals surface area contributed by atoms with Crippen molar-refractivity contribution < 1.29 is 26.4 Å². The third-order valence-electron chi connectivity index (χ3n) is 6.34. The Morgan fingerprint density at radius 3 is 2.34 bits per heavy atom. The summed E-state index contributed by atoms with van der Waals surface area (Å²) in [7, 11) is -3.86. The second-order valence-corrected chi connectivity index (χ2v) is 11.0. The average molecular weight is 544 g/mol. The fraction of sp³-hybridized carbons (Fsp3) is 0.250. The minimum Gasteiger partial charge on any atom is -0.322 e. The van der Waals surface area contributed by atoms with Crippen LogP contribution in [0.3, 0.4) is 0 Å². The van der Waals surface area contributed by atoms with E-state index in [0.717, 1.165) is 17.7 Å². The first-order valence-corrected chi connectivity index (χ1v) is 13.5. The Labute approximate surface area is 220 Å². The van der Waals surface area contributed by atoms with Crippen molar-refractivity contribution in [3.63, 3.8) is 0 Å². The van der Waals surface area contributed by atoms with Crippen LogP contribution in [0.1, 0.15) is 27.0 Å². The summed E-state index contributed by atoms with van der Waals surface area (Å²) < 4.78 is 67.1. The fourth-order valence-electron chi connectivity index (χ4n) is 4.18. The molecular weight excluding hydrogens is 515 g/mol. The molecule has 10 heteroatoms. The molecule has 0 spiro atoms. The van der Waals surface area contributed by atoms with Crippen molar-refractivity contribution in [3.8, 4) is 0 Å². The van der Waals surface area contributed by atoms with Gasteiger partial charge in [-0.05, 0) is 48.4 Å². The van der Waals surface area contributed by atoms with Crippen LogP contribution < -0.4 is 5.32 Å². The zero-order valence-electron chi connectivity index (χ0n) is 20.8. The monoisotopic (exact) mass is 543 g/mol. The number of alkyl halides is 3. The van der Waals surface area contributed by atoms with Crippen LogP contribution >= 0.6 is 0 Å². The molecule has 1 N–H and O–H groups in total. The van der Waals surface area contributed by atoms with Gasteiger partial charge in [-0.25, -0.2) is 8.42 Å². The van der Waals surface area contributed by atoms with E-state index in [1.165, 1.54) is 34.6 Å². The van der Waals surface area contributed by atoms with Crippen molar-refractivity contribution in [2.75, 3.05) is 38.0 Å². The third-order valence-corrected chi connectivity index (χ3v) is 8.24. The molecule has 3 aromatic carbocycles. The van der Waals surface area contributed by atoms with E-state index in [4.69, 9.17) is 0 Å². The van der Waals surface area contributed by atoms with Gasteiger partial charge in [0.05, 0.1) is 10.5 Å². The highest BCUT2D eigenvalue weighted by atomic mass is 32.2. The number of benzene rings is 3. The number of amides is 1. The highest BCUT2D eigenvalue weighted by Gasteiger charge is 2.31. The van der Waals surface area contributed by atoms with Crippen LogP contribution in [0.25, 0.3) is 6.08 Å². The van der Waals surface area contributed by atoms with Gasteiger partial charge in [-0.3, -0.25) is 9.69 Å². The summed E-state index contributed by atoms with van der Waals surface area (Å²) >= 11 is 0. The standard InChI is InChI=1S/C28H28F3N3O3S/c1-21-12-13-25(20-26(21)27(35)32-24-11-5-10-23(19-24)28(29,30)31)38(36,37)34-17-15-33(16-18-34)14-6-9-22-7-3-2-4-8-22/h2-13,19-20H,14-18H2,1H3,(H,32,35)/b9-6+. The number of hydrogen-bond acceptors (Lipinski definition) is 4. The summed E-state index contributed by atoms with van der Waals surface area (Å²) in [4.78, 5) is 15.0. The van der Waals surface area contributed by atoms with Crippen LogP contribution in [0, 0.1) is 6.92 Å². The second-order valence-electron chi connectivity index (χ2n) is 9.03. The summed E-state index contributed by atoms with van der Waals surface area (Å²) in [6.45, 7) is 4.08. The lowest BCUT2D eigenvalue weighted by molar-refractivity contribution is -0.137. The van der Waals surface area contributed by atoms with Crippen molar-refractivity contribution in [2.45, 2.75) is 18.0 Å². The Kier molecular flexibility index (Phi) is 8.35. The van der Waals surface area contributed by atoms with E-state index in [2.05, 4.69) is 16.3 Å². The van der Waals surface area contributed by atoms with Gasteiger partial charge < -0.3 is 5.32 Å². The van der Waals surface area contributed by atoms with Gasteiger partial charge in [0.25, 0.3) is 5.91 Å². The van der Waals surface area contributed by atoms with Crippen molar-refractivity contribution >= 4 is 27.7 Å². The normalized spacial score (nSPS) is 15.6. The second kappa shape index (κ2) is 11.5. The summed E-state index contributed by atoms with van der Waals surface area (Å²) in [5.41, 5.74) is 0.755. The smallest absolute Gasteiger partial charge is 0.322 e. The molecule has 0 aromatic heterocycles. The Hall–Kier alpha value is -3.47. The largest absolute Gasteiger partial charge is 0.416 e. The quantitative estimate of drug-likeness (QED) is 0.440. The van der Waals surface area contributed by atoms with Gasteiger partial charge in [0.15, 0.2) is 0 Å². The number of piperazine rings is 1. The zero-order valence-corrected chi connectivity index (χ0v) is 21.6.